The molecule has 16 heavy (non-hydrogen) atoms. The van der Waals surface area contributed by atoms with Gasteiger partial charge in [0.1, 0.15) is 5.78 Å². The molecule has 0 radical (unpaired) electrons. The highest BCUT2D eigenvalue weighted by Crippen LogP contribution is 2.24. The summed E-state index contributed by atoms with van der Waals surface area (Å²) in [5.41, 5.74) is 0. The van der Waals surface area contributed by atoms with Crippen LogP contribution in [0.1, 0.15) is 30.0 Å². The average Bonchev–Trinajstić information content (AvgIpc) is 2.65. The second-order valence-corrected chi connectivity index (χ2v) is 6.10. The Morgan fingerprint density at radius 3 is 2.81 bits per heavy atom. The van der Waals surface area contributed by atoms with Crippen LogP contribution in [-0.4, -0.2) is 23.3 Å². The van der Waals surface area contributed by atoms with Crippen LogP contribution in [0, 0.1) is 12.8 Å². The summed E-state index contributed by atoms with van der Waals surface area (Å²) in [5, 5.41) is 0. The van der Waals surface area contributed by atoms with Gasteiger partial charge in [0.2, 0.25) is 0 Å². The predicted octanol–water partition coefficient (Wildman–Crippen LogP) is 2.86. The first-order chi connectivity index (χ1) is 7.58. The quantitative estimate of drug-likeness (QED) is 0.788. The largest absolute Gasteiger partial charge is 0.299 e. The van der Waals surface area contributed by atoms with Gasteiger partial charge in [-0.25, -0.2) is 0 Å². The fourth-order valence-electron chi connectivity index (χ4n) is 2.26. The molecule has 1 aliphatic rings. The van der Waals surface area contributed by atoms with Crippen LogP contribution in [0.4, 0.5) is 0 Å². The molecule has 2 heterocycles. The average molecular weight is 237 g/mol. The van der Waals surface area contributed by atoms with Gasteiger partial charge >= 0.3 is 0 Å². The van der Waals surface area contributed by atoms with E-state index in [1.165, 1.54) is 9.75 Å². The number of ketones is 1. The minimum Gasteiger partial charge on any atom is -0.299 e. The highest BCUT2D eigenvalue weighted by atomic mass is 32.1. The Labute approximate surface area is 101 Å². The third-order valence-electron chi connectivity index (χ3n) is 3.61. The van der Waals surface area contributed by atoms with Gasteiger partial charge < -0.3 is 0 Å². The Balaban J connectivity index is 2.02. The standard InChI is InChI=1S/C13H19NOS/c1-9-4-5-12(16-9)8-14-7-6-13(15)10(2)11(14)3/h4-5,10-11H,6-8H2,1-3H3. The molecule has 1 fully saturated rings. The molecule has 1 aliphatic heterocycles. The van der Waals surface area contributed by atoms with Crippen LogP contribution in [-0.2, 0) is 11.3 Å². The number of piperidine rings is 1. The Morgan fingerprint density at radius 1 is 1.44 bits per heavy atom. The van der Waals surface area contributed by atoms with E-state index in [-0.39, 0.29) is 5.92 Å². The minimum atomic E-state index is 0.190. The molecule has 0 N–H and O–H groups in total. The number of hydrogen-bond donors (Lipinski definition) is 0. The monoisotopic (exact) mass is 237 g/mol. The van der Waals surface area contributed by atoms with E-state index in [9.17, 15) is 4.79 Å². The molecule has 0 bridgehead atoms. The van der Waals surface area contributed by atoms with E-state index < -0.39 is 0 Å². The molecule has 0 saturated carbocycles. The number of rotatable bonds is 2. The Morgan fingerprint density at radius 2 is 2.19 bits per heavy atom. The zero-order chi connectivity index (χ0) is 11.7. The van der Waals surface area contributed by atoms with Gasteiger partial charge in [0.25, 0.3) is 0 Å². The van der Waals surface area contributed by atoms with E-state index in [0.29, 0.717) is 11.8 Å². The highest BCUT2D eigenvalue weighted by Gasteiger charge is 2.30. The zero-order valence-electron chi connectivity index (χ0n) is 10.2. The van der Waals surface area contributed by atoms with Gasteiger partial charge in [-0.05, 0) is 26.0 Å². The molecule has 0 aromatic carbocycles. The van der Waals surface area contributed by atoms with Crippen molar-refractivity contribution in [3.63, 3.8) is 0 Å². The summed E-state index contributed by atoms with van der Waals surface area (Å²) < 4.78 is 0. The molecule has 0 amide bonds. The molecule has 2 unspecified atom stereocenters. The van der Waals surface area contributed by atoms with E-state index in [1.54, 1.807) is 0 Å². The maximum Gasteiger partial charge on any atom is 0.138 e. The lowest BCUT2D eigenvalue weighted by Crippen LogP contribution is -2.46. The summed E-state index contributed by atoms with van der Waals surface area (Å²) in [6.07, 6.45) is 0.718. The van der Waals surface area contributed by atoms with Crippen LogP contribution in [0.2, 0.25) is 0 Å². The molecule has 1 saturated heterocycles. The second-order valence-electron chi connectivity index (χ2n) is 4.73. The third-order valence-corrected chi connectivity index (χ3v) is 4.59. The van der Waals surface area contributed by atoms with Crippen LogP contribution < -0.4 is 0 Å². The van der Waals surface area contributed by atoms with Crippen molar-refractivity contribution in [1.29, 1.82) is 0 Å². The summed E-state index contributed by atoms with van der Waals surface area (Å²) in [6.45, 7) is 8.28. The van der Waals surface area contributed by atoms with Crippen molar-refractivity contribution < 1.29 is 4.79 Å². The maximum absolute atomic E-state index is 11.6. The molecular formula is C13H19NOS. The number of carbonyl (C=O) groups is 1. The van der Waals surface area contributed by atoms with Crippen LogP contribution >= 0.6 is 11.3 Å². The Bertz CT molecular complexity index is 385. The zero-order valence-corrected chi connectivity index (χ0v) is 11.0. The summed E-state index contributed by atoms with van der Waals surface area (Å²) in [6, 6.07) is 4.75. The molecule has 2 atom stereocenters. The van der Waals surface area contributed by atoms with Gasteiger partial charge in [0.05, 0.1) is 0 Å². The Kier molecular flexibility index (Phi) is 3.45. The van der Waals surface area contributed by atoms with E-state index in [0.717, 1.165) is 19.5 Å². The van der Waals surface area contributed by atoms with Gasteiger partial charge in [-0.1, -0.05) is 6.92 Å². The summed E-state index contributed by atoms with van der Waals surface area (Å²) in [4.78, 5) is 16.8. The number of Topliss-reactive ketones (excluding diaryl/α,β-unsaturated/α-hetero) is 1. The van der Waals surface area contributed by atoms with Crippen molar-refractivity contribution in [2.75, 3.05) is 6.54 Å². The van der Waals surface area contributed by atoms with E-state index in [2.05, 4.69) is 37.8 Å². The van der Waals surface area contributed by atoms with Crippen molar-refractivity contribution >= 4 is 17.1 Å². The molecule has 0 aliphatic carbocycles. The first kappa shape index (κ1) is 11.8. The maximum atomic E-state index is 11.6. The number of thiophene rings is 1. The lowest BCUT2D eigenvalue weighted by Gasteiger charge is -2.36. The lowest BCUT2D eigenvalue weighted by atomic mass is 9.91. The summed E-state index contributed by atoms with van der Waals surface area (Å²) in [5.74, 6) is 0.612. The predicted molar refractivity (Wildman–Crippen MR) is 67.7 cm³/mol. The van der Waals surface area contributed by atoms with Crippen molar-refractivity contribution in [1.82, 2.24) is 4.90 Å². The number of nitrogens with zero attached hydrogens (tertiary/aromatic N) is 1. The molecule has 0 spiro atoms. The normalized spacial score (nSPS) is 27.3. The fourth-order valence-corrected chi connectivity index (χ4v) is 3.18. The van der Waals surface area contributed by atoms with Gasteiger partial charge in [-0.2, -0.15) is 0 Å². The fraction of sp³-hybridized carbons (Fsp3) is 0.615. The van der Waals surface area contributed by atoms with E-state index in [4.69, 9.17) is 0 Å². The van der Waals surface area contributed by atoms with Gasteiger partial charge in [0.15, 0.2) is 0 Å². The molecule has 88 valence electrons. The van der Waals surface area contributed by atoms with E-state index in [1.807, 2.05) is 11.3 Å². The number of likely N-dealkylation sites (tertiary alicyclic amines) is 1. The third kappa shape index (κ3) is 2.36. The lowest BCUT2D eigenvalue weighted by molar-refractivity contribution is -0.128. The molecule has 3 heteroatoms. The molecular weight excluding hydrogens is 218 g/mol. The Hall–Kier alpha value is -0.670. The second kappa shape index (κ2) is 4.68. The minimum absolute atomic E-state index is 0.190. The van der Waals surface area contributed by atoms with E-state index >= 15 is 0 Å². The topological polar surface area (TPSA) is 20.3 Å². The van der Waals surface area contributed by atoms with Gasteiger partial charge in [0, 0.05) is 41.2 Å². The van der Waals surface area contributed by atoms with Crippen molar-refractivity contribution in [2.45, 2.75) is 39.8 Å². The van der Waals surface area contributed by atoms with Crippen LogP contribution in [0.5, 0.6) is 0 Å². The van der Waals surface area contributed by atoms with Crippen LogP contribution in [0.3, 0.4) is 0 Å². The molecule has 2 rings (SSSR count). The SMILES string of the molecule is Cc1ccc(CN2CCC(=O)C(C)C2C)s1. The number of carbonyl (C=O) groups excluding carboxylic acids is 1. The molecule has 1 aromatic rings. The molecule has 2 nitrogen and oxygen atoms in total. The van der Waals surface area contributed by atoms with Crippen molar-refractivity contribution in [3.8, 4) is 0 Å². The smallest absolute Gasteiger partial charge is 0.138 e. The van der Waals surface area contributed by atoms with Crippen molar-refractivity contribution in [3.05, 3.63) is 21.9 Å². The first-order valence-electron chi connectivity index (χ1n) is 5.90. The van der Waals surface area contributed by atoms with Crippen molar-refractivity contribution in [2.24, 2.45) is 5.92 Å². The van der Waals surface area contributed by atoms with Crippen LogP contribution in [0.25, 0.3) is 0 Å². The van der Waals surface area contributed by atoms with Crippen LogP contribution in [0.15, 0.2) is 12.1 Å². The van der Waals surface area contributed by atoms with Gasteiger partial charge in [-0.15, -0.1) is 11.3 Å². The number of aryl methyl sites for hydroxylation is 1. The number of hydrogen-bond acceptors (Lipinski definition) is 3. The highest BCUT2D eigenvalue weighted by molar-refractivity contribution is 7.11. The molecule has 1 aromatic heterocycles. The summed E-state index contributed by atoms with van der Waals surface area (Å²) in [7, 11) is 0. The summed E-state index contributed by atoms with van der Waals surface area (Å²) >= 11 is 1.86. The van der Waals surface area contributed by atoms with Gasteiger partial charge in [-0.3, -0.25) is 9.69 Å². The first-order valence-corrected chi connectivity index (χ1v) is 6.71.